The first-order valence-electron chi connectivity index (χ1n) is 8.00. The number of amides is 3. The van der Waals surface area contributed by atoms with Gasteiger partial charge >= 0.3 is 6.03 Å². The van der Waals surface area contributed by atoms with Gasteiger partial charge in [0, 0.05) is 37.9 Å². The smallest absolute Gasteiger partial charge is 0.319 e. The zero-order valence-corrected chi connectivity index (χ0v) is 15.5. The fourth-order valence-electron chi connectivity index (χ4n) is 2.20. The first kappa shape index (κ1) is 19.6. The number of nitrogens with one attached hydrogen (secondary N) is 3. The summed E-state index contributed by atoms with van der Waals surface area (Å²) in [5, 5.41) is 17.0. The van der Waals surface area contributed by atoms with Crippen LogP contribution in [0.25, 0.3) is 0 Å². The molecule has 0 radical (unpaired) electrons. The van der Waals surface area contributed by atoms with Gasteiger partial charge in [-0.3, -0.25) is 4.79 Å². The van der Waals surface area contributed by atoms with Crippen LogP contribution in [0, 0.1) is 6.92 Å². The quantitative estimate of drug-likeness (QED) is 0.510. The van der Waals surface area contributed by atoms with E-state index in [1.807, 2.05) is 0 Å². The van der Waals surface area contributed by atoms with Crippen LogP contribution in [0.4, 0.5) is 15.6 Å². The van der Waals surface area contributed by atoms with E-state index in [1.54, 1.807) is 32.2 Å². The Kier molecular flexibility index (Phi) is 7.30. The van der Waals surface area contributed by atoms with E-state index < -0.39 is 0 Å². The minimum atomic E-state index is -0.359. The molecule has 1 heterocycles. The van der Waals surface area contributed by atoms with E-state index >= 15 is 0 Å². The molecule has 0 fully saturated rings. The minimum Gasteiger partial charge on any atom is -0.383 e. The molecule has 140 valence electrons. The maximum Gasteiger partial charge on any atom is 0.319 e. The van der Waals surface area contributed by atoms with E-state index in [0.29, 0.717) is 48.1 Å². The van der Waals surface area contributed by atoms with E-state index in [9.17, 15) is 9.59 Å². The summed E-state index contributed by atoms with van der Waals surface area (Å²) in [5.41, 5.74) is 7.28. The molecule has 0 bridgehead atoms. The first-order valence-corrected chi connectivity index (χ1v) is 8.82. The lowest BCUT2D eigenvalue weighted by molar-refractivity contribution is 0.0936. The maximum atomic E-state index is 12.2. The van der Waals surface area contributed by atoms with E-state index in [1.165, 1.54) is 11.3 Å². The number of carbonyl (C=O) groups excluding carboxylic acids is 2. The number of hydrogen-bond acceptors (Lipinski definition) is 7. The second-order valence-corrected chi connectivity index (χ2v) is 6.49. The number of carbonyl (C=O) groups is 2. The highest BCUT2D eigenvalue weighted by atomic mass is 32.1. The molecule has 10 heteroatoms. The minimum absolute atomic E-state index is 0.211. The Hall–Kier alpha value is -2.72. The van der Waals surface area contributed by atoms with Gasteiger partial charge in [-0.25, -0.2) is 4.79 Å². The van der Waals surface area contributed by atoms with Gasteiger partial charge in [0.15, 0.2) is 0 Å². The molecule has 0 unspecified atom stereocenters. The number of methoxy groups -OCH3 is 1. The number of nitrogen functional groups attached to an aromatic ring is 1. The topological polar surface area (TPSA) is 131 Å². The van der Waals surface area contributed by atoms with Crippen LogP contribution in [0.5, 0.6) is 0 Å². The Balaban J connectivity index is 1.88. The second kappa shape index (κ2) is 9.68. The molecule has 2 aromatic rings. The van der Waals surface area contributed by atoms with Crippen molar-refractivity contribution < 1.29 is 14.3 Å². The molecule has 0 aliphatic rings. The Morgan fingerprint density at radius 1 is 1.23 bits per heavy atom. The predicted octanol–water partition coefficient (Wildman–Crippen LogP) is 1.17. The normalized spacial score (nSPS) is 10.4. The summed E-state index contributed by atoms with van der Waals surface area (Å²) in [6.07, 6.45) is 0.545. The number of aromatic nitrogens is 2. The molecule has 0 saturated carbocycles. The van der Waals surface area contributed by atoms with Crippen LogP contribution in [0.2, 0.25) is 0 Å². The molecule has 3 amide bonds. The monoisotopic (exact) mass is 378 g/mol. The van der Waals surface area contributed by atoms with Crippen molar-refractivity contribution in [1.82, 2.24) is 20.8 Å². The highest BCUT2D eigenvalue weighted by Gasteiger charge is 2.13. The molecule has 26 heavy (non-hydrogen) atoms. The van der Waals surface area contributed by atoms with Crippen molar-refractivity contribution in [3.8, 4) is 0 Å². The summed E-state index contributed by atoms with van der Waals surface area (Å²) >= 11 is 1.29. The fourth-order valence-corrected chi connectivity index (χ4v) is 2.80. The van der Waals surface area contributed by atoms with Crippen LogP contribution in [0.3, 0.4) is 0 Å². The molecular formula is C16H22N6O3S. The van der Waals surface area contributed by atoms with Crippen molar-refractivity contribution in [1.29, 1.82) is 0 Å². The lowest BCUT2D eigenvalue weighted by atomic mass is 10.1. The molecular weight excluding hydrogens is 356 g/mol. The molecule has 0 aliphatic heterocycles. The largest absolute Gasteiger partial charge is 0.383 e. The summed E-state index contributed by atoms with van der Waals surface area (Å²) in [5.74, 6) is -0.211. The number of hydrogen-bond donors (Lipinski definition) is 4. The van der Waals surface area contributed by atoms with Crippen molar-refractivity contribution in [3.63, 3.8) is 0 Å². The van der Waals surface area contributed by atoms with Gasteiger partial charge < -0.3 is 26.4 Å². The lowest BCUT2D eigenvalue weighted by Gasteiger charge is -2.13. The van der Waals surface area contributed by atoms with Gasteiger partial charge in [-0.15, -0.1) is 10.2 Å². The second-order valence-electron chi connectivity index (χ2n) is 5.39. The molecule has 1 aromatic heterocycles. The Morgan fingerprint density at radius 3 is 2.73 bits per heavy atom. The standard InChI is InChI=1S/C16H22N6O3S/c1-10-11(14(23)18-8-9-25-2)4-3-5-12(10)20-16(24)19-7-6-13-21-22-15(17)26-13/h3-5H,6-9H2,1-2H3,(H2,17,22)(H,18,23)(H2,19,20,24). The van der Waals surface area contributed by atoms with Crippen molar-refractivity contribution in [2.45, 2.75) is 13.3 Å². The van der Waals surface area contributed by atoms with Crippen LogP contribution in [0.1, 0.15) is 20.9 Å². The summed E-state index contributed by atoms with van der Waals surface area (Å²) in [6, 6.07) is 4.81. The van der Waals surface area contributed by atoms with Gasteiger partial charge in [-0.1, -0.05) is 17.4 Å². The average Bonchev–Trinajstić information content (AvgIpc) is 3.02. The number of ether oxygens (including phenoxy) is 1. The van der Waals surface area contributed by atoms with Crippen molar-refractivity contribution >= 4 is 34.1 Å². The van der Waals surface area contributed by atoms with Crippen LogP contribution >= 0.6 is 11.3 Å². The SMILES string of the molecule is COCCNC(=O)c1cccc(NC(=O)NCCc2nnc(N)s2)c1C. The van der Waals surface area contributed by atoms with Crippen LogP contribution in [0.15, 0.2) is 18.2 Å². The van der Waals surface area contributed by atoms with Gasteiger partial charge in [0.1, 0.15) is 5.01 Å². The third kappa shape index (κ3) is 5.67. The maximum absolute atomic E-state index is 12.2. The van der Waals surface area contributed by atoms with Crippen molar-refractivity contribution in [2.75, 3.05) is 37.9 Å². The van der Waals surface area contributed by atoms with Crippen LogP contribution in [-0.2, 0) is 11.2 Å². The summed E-state index contributed by atoms with van der Waals surface area (Å²) in [6.45, 7) is 3.04. The average molecular weight is 378 g/mol. The molecule has 0 spiro atoms. The molecule has 9 nitrogen and oxygen atoms in total. The molecule has 1 aromatic carbocycles. The Bertz CT molecular complexity index is 764. The van der Waals surface area contributed by atoms with E-state index in [0.717, 1.165) is 5.01 Å². The highest BCUT2D eigenvalue weighted by Crippen LogP contribution is 2.19. The van der Waals surface area contributed by atoms with Crippen molar-refractivity contribution in [2.24, 2.45) is 0 Å². The number of benzene rings is 1. The Labute approximate surface area is 155 Å². The fraction of sp³-hybridized carbons (Fsp3) is 0.375. The zero-order chi connectivity index (χ0) is 18.9. The molecule has 2 rings (SSSR count). The number of nitrogens with two attached hydrogens (primary N) is 1. The van der Waals surface area contributed by atoms with E-state index in [2.05, 4.69) is 26.1 Å². The molecule has 0 atom stereocenters. The van der Waals surface area contributed by atoms with Gasteiger partial charge in [-0.05, 0) is 24.6 Å². The highest BCUT2D eigenvalue weighted by molar-refractivity contribution is 7.15. The zero-order valence-electron chi connectivity index (χ0n) is 14.7. The summed E-state index contributed by atoms with van der Waals surface area (Å²) in [7, 11) is 1.57. The van der Waals surface area contributed by atoms with Gasteiger partial charge in [0.05, 0.1) is 6.61 Å². The first-order chi connectivity index (χ1) is 12.5. The number of urea groups is 1. The van der Waals surface area contributed by atoms with E-state index in [4.69, 9.17) is 10.5 Å². The third-order valence-corrected chi connectivity index (χ3v) is 4.34. The molecule has 0 aliphatic carbocycles. The third-order valence-electron chi connectivity index (χ3n) is 3.53. The number of rotatable bonds is 8. The van der Waals surface area contributed by atoms with Gasteiger partial charge in [0.25, 0.3) is 5.91 Å². The summed E-state index contributed by atoms with van der Waals surface area (Å²) < 4.78 is 4.91. The Morgan fingerprint density at radius 2 is 2.04 bits per heavy atom. The van der Waals surface area contributed by atoms with Crippen LogP contribution < -0.4 is 21.7 Å². The molecule has 0 saturated heterocycles. The predicted molar refractivity (Wildman–Crippen MR) is 100 cm³/mol. The van der Waals surface area contributed by atoms with Gasteiger partial charge in [0.2, 0.25) is 5.13 Å². The number of nitrogens with zero attached hydrogens (tertiary/aromatic N) is 2. The summed E-state index contributed by atoms with van der Waals surface area (Å²) in [4.78, 5) is 24.2. The van der Waals surface area contributed by atoms with E-state index in [-0.39, 0.29) is 11.9 Å². The number of anilines is 2. The lowest BCUT2D eigenvalue weighted by Crippen LogP contribution is -2.31. The van der Waals surface area contributed by atoms with Crippen molar-refractivity contribution in [3.05, 3.63) is 34.3 Å². The van der Waals surface area contributed by atoms with Gasteiger partial charge in [-0.2, -0.15) is 0 Å². The van der Waals surface area contributed by atoms with Crippen LogP contribution in [-0.4, -0.2) is 48.9 Å². The molecule has 5 N–H and O–H groups in total.